The molecule has 2 aliphatic heterocycles. The molecule has 0 bridgehead atoms. The van der Waals surface area contributed by atoms with Gasteiger partial charge in [0.15, 0.2) is 5.58 Å². The van der Waals surface area contributed by atoms with Gasteiger partial charge in [0.1, 0.15) is 11.6 Å². The van der Waals surface area contributed by atoms with Gasteiger partial charge in [0.25, 0.3) is 0 Å². The van der Waals surface area contributed by atoms with Crippen molar-refractivity contribution in [1.29, 1.82) is 0 Å². The van der Waals surface area contributed by atoms with E-state index in [1.165, 1.54) is 0 Å². The van der Waals surface area contributed by atoms with Crippen LogP contribution < -0.4 is 9.64 Å². The molecule has 40 heavy (non-hydrogen) atoms. The lowest BCUT2D eigenvalue weighted by atomic mass is 9.99. The number of aromatic nitrogens is 3. The van der Waals surface area contributed by atoms with Crippen LogP contribution in [0.1, 0.15) is 43.7 Å². The predicted molar refractivity (Wildman–Crippen MR) is 154 cm³/mol. The van der Waals surface area contributed by atoms with Gasteiger partial charge >= 0.3 is 0 Å². The summed E-state index contributed by atoms with van der Waals surface area (Å²) in [5.41, 5.74) is 4.19. The number of amides is 1. The third kappa shape index (κ3) is 5.09. The highest BCUT2D eigenvalue weighted by atomic mass is 35.5. The van der Waals surface area contributed by atoms with Gasteiger partial charge in [0.05, 0.1) is 42.8 Å². The molecule has 2 fully saturated rings. The molecular formula is C30H34ClN5O4. The first-order chi connectivity index (χ1) is 19.4. The summed E-state index contributed by atoms with van der Waals surface area (Å²) in [6.45, 7) is 8.23. The summed E-state index contributed by atoms with van der Waals surface area (Å²) < 4.78 is 18.6. The number of benzene rings is 2. The van der Waals surface area contributed by atoms with Crippen LogP contribution >= 0.6 is 11.6 Å². The summed E-state index contributed by atoms with van der Waals surface area (Å²) in [6.07, 6.45) is 4.22. The van der Waals surface area contributed by atoms with E-state index in [4.69, 9.17) is 30.6 Å². The van der Waals surface area contributed by atoms with Gasteiger partial charge in [-0.25, -0.2) is 4.98 Å². The molecule has 2 aromatic heterocycles. The van der Waals surface area contributed by atoms with Gasteiger partial charge in [-0.05, 0) is 63.1 Å². The largest absolute Gasteiger partial charge is 0.495 e. The number of nitrogens with zero attached hydrogens (tertiary/aromatic N) is 5. The third-order valence-corrected chi connectivity index (χ3v) is 8.34. The molecule has 2 aromatic carbocycles. The fraction of sp³-hybridized carbons (Fsp3) is 0.433. The molecule has 1 amide bonds. The van der Waals surface area contributed by atoms with E-state index in [0.717, 1.165) is 85.1 Å². The van der Waals surface area contributed by atoms with Crippen molar-refractivity contribution in [2.45, 2.75) is 51.7 Å². The monoisotopic (exact) mass is 563 g/mol. The topological polar surface area (TPSA) is 85.9 Å². The SMILES string of the molecule is COc1ccc(N2C(=O)CCC[C@H]2c2nc(-c3ccc4onc(C)c4c3)cn2C[C@H](C)N2CCOCC2)cc1Cl. The number of rotatable bonds is 7. The minimum absolute atomic E-state index is 0.0660. The van der Waals surface area contributed by atoms with E-state index in [1.54, 1.807) is 7.11 Å². The Morgan fingerprint density at radius 2 is 2.00 bits per heavy atom. The summed E-state index contributed by atoms with van der Waals surface area (Å²) in [7, 11) is 1.59. The number of fused-ring (bicyclic) bond motifs is 1. The zero-order valence-electron chi connectivity index (χ0n) is 23.1. The third-order valence-electron chi connectivity index (χ3n) is 8.04. The zero-order chi connectivity index (χ0) is 27.8. The quantitative estimate of drug-likeness (QED) is 0.287. The molecule has 0 radical (unpaired) electrons. The van der Waals surface area contributed by atoms with Crippen molar-refractivity contribution < 1.29 is 18.8 Å². The van der Waals surface area contributed by atoms with Crippen LogP contribution in [0, 0.1) is 6.92 Å². The lowest BCUT2D eigenvalue weighted by molar-refractivity contribution is -0.120. The molecule has 2 saturated heterocycles. The van der Waals surface area contributed by atoms with Crippen LogP contribution in [-0.2, 0) is 16.1 Å². The van der Waals surface area contributed by atoms with Crippen molar-refractivity contribution in [1.82, 2.24) is 19.6 Å². The molecule has 0 unspecified atom stereocenters. The number of morpholine rings is 1. The Balaban J connectivity index is 1.42. The van der Waals surface area contributed by atoms with Crippen LogP contribution in [0.25, 0.3) is 22.2 Å². The summed E-state index contributed by atoms with van der Waals surface area (Å²) in [4.78, 5) is 23.0. The predicted octanol–water partition coefficient (Wildman–Crippen LogP) is 5.64. The summed E-state index contributed by atoms with van der Waals surface area (Å²) in [5, 5.41) is 5.55. The Labute approximate surface area is 238 Å². The summed E-state index contributed by atoms with van der Waals surface area (Å²) >= 11 is 6.50. The Bertz CT molecular complexity index is 1530. The van der Waals surface area contributed by atoms with E-state index in [0.29, 0.717) is 17.2 Å². The Morgan fingerprint density at radius 3 is 2.77 bits per heavy atom. The maximum Gasteiger partial charge on any atom is 0.227 e. The molecule has 210 valence electrons. The molecule has 0 N–H and O–H groups in total. The van der Waals surface area contributed by atoms with E-state index < -0.39 is 0 Å². The molecule has 0 spiro atoms. The van der Waals surface area contributed by atoms with E-state index in [-0.39, 0.29) is 18.0 Å². The molecule has 4 heterocycles. The smallest absolute Gasteiger partial charge is 0.227 e. The lowest BCUT2D eigenvalue weighted by Crippen LogP contribution is -2.44. The van der Waals surface area contributed by atoms with E-state index >= 15 is 0 Å². The molecule has 10 heteroatoms. The van der Waals surface area contributed by atoms with Crippen LogP contribution in [0.2, 0.25) is 5.02 Å². The van der Waals surface area contributed by atoms with Crippen molar-refractivity contribution in [2.24, 2.45) is 0 Å². The molecule has 2 atom stereocenters. The minimum Gasteiger partial charge on any atom is -0.495 e. The van der Waals surface area contributed by atoms with Crippen LogP contribution in [0.5, 0.6) is 5.75 Å². The number of hydrogen-bond donors (Lipinski definition) is 0. The van der Waals surface area contributed by atoms with Crippen molar-refractivity contribution >= 4 is 34.2 Å². The van der Waals surface area contributed by atoms with Crippen LogP contribution in [0.15, 0.2) is 47.1 Å². The second-order valence-electron chi connectivity index (χ2n) is 10.6. The Kier molecular flexibility index (Phi) is 7.53. The molecule has 0 saturated carbocycles. The van der Waals surface area contributed by atoms with Crippen LogP contribution in [0.3, 0.4) is 0 Å². The number of halogens is 1. The number of piperidine rings is 1. The number of hydrogen-bond acceptors (Lipinski definition) is 7. The first kappa shape index (κ1) is 26.8. The van der Waals surface area contributed by atoms with Crippen molar-refractivity contribution in [3.05, 3.63) is 59.1 Å². The van der Waals surface area contributed by atoms with Gasteiger partial charge in [-0.1, -0.05) is 16.8 Å². The number of ether oxygens (including phenoxy) is 2. The van der Waals surface area contributed by atoms with Gasteiger partial charge in [0.2, 0.25) is 5.91 Å². The molecule has 2 aliphatic rings. The van der Waals surface area contributed by atoms with E-state index in [2.05, 4.69) is 33.8 Å². The molecule has 0 aliphatic carbocycles. The number of carbonyl (C=O) groups excluding carboxylic acids is 1. The number of imidazole rings is 1. The fourth-order valence-corrected chi connectivity index (χ4v) is 6.11. The van der Waals surface area contributed by atoms with Gasteiger partial charge in [-0.15, -0.1) is 0 Å². The van der Waals surface area contributed by atoms with Gasteiger partial charge in [0, 0.05) is 54.9 Å². The zero-order valence-corrected chi connectivity index (χ0v) is 23.9. The highest BCUT2D eigenvalue weighted by molar-refractivity contribution is 6.32. The standard InChI is InChI=1S/C30H34ClN5O4/c1-19(34-11-13-39-14-12-34)17-35-18-25(21-7-9-27-23(15-21)20(2)33-40-27)32-30(35)26-5-4-6-29(37)36(26)22-8-10-28(38-3)24(31)16-22/h7-10,15-16,18-19,26H,4-6,11-14,17H2,1-3H3/t19-,26-/m0/s1. The normalized spacial score (nSPS) is 19.4. The maximum absolute atomic E-state index is 13.4. The van der Waals surface area contributed by atoms with E-state index in [9.17, 15) is 4.79 Å². The molecule has 6 rings (SSSR count). The van der Waals surface area contributed by atoms with Gasteiger partial charge < -0.3 is 23.5 Å². The second kappa shape index (κ2) is 11.2. The first-order valence-electron chi connectivity index (χ1n) is 13.8. The average molecular weight is 564 g/mol. The van der Waals surface area contributed by atoms with Crippen LogP contribution in [0.4, 0.5) is 5.69 Å². The van der Waals surface area contributed by atoms with Crippen molar-refractivity contribution in [3.63, 3.8) is 0 Å². The van der Waals surface area contributed by atoms with Crippen molar-refractivity contribution in [3.8, 4) is 17.0 Å². The fourth-order valence-electron chi connectivity index (χ4n) is 5.86. The van der Waals surface area contributed by atoms with Gasteiger partial charge in [-0.2, -0.15) is 0 Å². The Hall–Kier alpha value is -3.40. The lowest BCUT2D eigenvalue weighted by Gasteiger charge is -2.37. The van der Waals surface area contributed by atoms with Crippen LogP contribution in [-0.4, -0.2) is 65.0 Å². The summed E-state index contributed by atoms with van der Waals surface area (Å²) in [6, 6.07) is 11.6. The average Bonchev–Trinajstić information content (AvgIpc) is 3.56. The number of aryl methyl sites for hydroxylation is 1. The van der Waals surface area contributed by atoms with Gasteiger partial charge in [-0.3, -0.25) is 9.69 Å². The highest BCUT2D eigenvalue weighted by Crippen LogP contribution is 2.39. The van der Waals surface area contributed by atoms with E-state index in [1.807, 2.05) is 42.2 Å². The number of anilines is 1. The second-order valence-corrected chi connectivity index (χ2v) is 11.0. The Morgan fingerprint density at radius 1 is 1.18 bits per heavy atom. The molecule has 9 nitrogen and oxygen atoms in total. The molecule has 4 aromatic rings. The van der Waals surface area contributed by atoms with Crippen molar-refractivity contribution in [2.75, 3.05) is 38.3 Å². The highest BCUT2D eigenvalue weighted by Gasteiger charge is 2.35. The minimum atomic E-state index is -0.225. The first-order valence-corrected chi connectivity index (χ1v) is 14.2. The number of methoxy groups -OCH3 is 1. The number of carbonyl (C=O) groups is 1. The summed E-state index contributed by atoms with van der Waals surface area (Å²) in [5.74, 6) is 1.52. The maximum atomic E-state index is 13.4. The molecular weight excluding hydrogens is 530 g/mol.